The molecule has 10 nitrogen and oxygen atoms in total. The van der Waals surface area contributed by atoms with E-state index in [0.29, 0.717) is 52.8 Å². The maximum atomic E-state index is 15.3. The summed E-state index contributed by atoms with van der Waals surface area (Å²) in [5.41, 5.74) is 3.72. The van der Waals surface area contributed by atoms with Crippen LogP contribution < -0.4 is 9.47 Å². The lowest BCUT2D eigenvalue weighted by Gasteiger charge is -2.23. The first-order valence-corrected chi connectivity index (χ1v) is 15.8. The first kappa shape index (κ1) is 29.0. The molecule has 0 amide bonds. The molecule has 3 aliphatic rings. The van der Waals surface area contributed by atoms with Crippen molar-refractivity contribution in [2.75, 3.05) is 20.2 Å². The molecule has 4 atom stereocenters. The zero-order chi connectivity index (χ0) is 31.7. The Morgan fingerprint density at radius 2 is 1.96 bits per heavy atom. The van der Waals surface area contributed by atoms with Crippen molar-refractivity contribution in [3.63, 3.8) is 0 Å². The predicted molar refractivity (Wildman–Crippen MR) is 167 cm³/mol. The van der Waals surface area contributed by atoms with Gasteiger partial charge in [-0.1, -0.05) is 23.7 Å². The van der Waals surface area contributed by atoms with Gasteiger partial charge in [-0.15, -0.1) is 0 Å². The Morgan fingerprint density at radius 1 is 1.13 bits per heavy atom. The molecule has 0 bridgehead atoms. The molecule has 5 heterocycles. The van der Waals surface area contributed by atoms with E-state index in [1.54, 1.807) is 24.7 Å². The Labute approximate surface area is 269 Å². The minimum absolute atomic E-state index is 0.152. The molecule has 2 aliphatic heterocycles. The van der Waals surface area contributed by atoms with Crippen LogP contribution in [0.15, 0.2) is 61.2 Å². The Balaban J connectivity index is 1.04. The maximum Gasteiger partial charge on any atom is 0.338 e. The van der Waals surface area contributed by atoms with E-state index in [9.17, 15) is 4.79 Å². The number of rotatable bonds is 8. The SMILES string of the molecule is CCn1cncc1Cn1c(CN2C[C@@H]3[C@H](C2)[C@@H]3c2cccc3c2OC(C)(c2ccc(Cl)cn2)O3)nc2c(F)cc(C(=O)OC)cc21. The number of aromatic nitrogens is 5. The van der Waals surface area contributed by atoms with Gasteiger partial charge in [-0.3, -0.25) is 9.88 Å². The van der Waals surface area contributed by atoms with Gasteiger partial charge >= 0.3 is 5.97 Å². The molecular weight excluding hydrogens is 611 g/mol. The molecule has 0 radical (unpaired) electrons. The molecule has 12 heteroatoms. The Kier molecular flexibility index (Phi) is 6.80. The number of benzene rings is 2. The number of para-hydroxylation sites is 1. The van der Waals surface area contributed by atoms with Crippen molar-refractivity contribution in [2.45, 2.75) is 45.2 Å². The monoisotopic (exact) mass is 642 g/mol. The second kappa shape index (κ2) is 10.8. The van der Waals surface area contributed by atoms with E-state index in [1.807, 2.05) is 47.4 Å². The molecule has 1 unspecified atom stereocenters. The topological polar surface area (TPSA) is 96.5 Å². The van der Waals surface area contributed by atoms with Crippen molar-refractivity contribution >= 4 is 28.6 Å². The molecule has 0 N–H and O–H groups in total. The van der Waals surface area contributed by atoms with Crippen LogP contribution in [0.3, 0.4) is 0 Å². The molecule has 3 aromatic heterocycles. The van der Waals surface area contributed by atoms with Gasteiger partial charge in [0.2, 0.25) is 0 Å². The molecule has 5 aromatic rings. The van der Waals surface area contributed by atoms with Crippen LogP contribution in [0.2, 0.25) is 5.02 Å². The zero-order valence-electron chi connectivity index (χ0n) is 25.6. The van der Waals surface area contributed by atoms with Crippen LogP contribution in [0.4, 0.5) is 4.39 Å². The van der Waals surface area contributed by atoms with E-state index in [2.05, 4.69) is 20.9 Å². The van der Waals surface area contributed by atoms with E-state index in [-0.39, 0.29) is 11.1 Å². The number of nitrogens with zero attached hydrogens (tertiary/aromatic N) is 6. The van der Waals surface area contributed by atoms with Crippen molar-refractivity contribution in [1.29, 1.82) is 0 Å². The molecule has 1 aliphatic carbocycles. The Bertz CT molecular complexity index is 1980. The lowest BCUT2D eigenvalue weighted by Crippen LogP contribution is -2.32. The fraction of sp³-hybridized carbons (Fsp3) is 0.353. The predicted octanol–water partition coefficient (Wildman–Crippen LogP) is 5.76. The van der Waals surface area contributed by atoms with Gasteiger partial charge in [-0.05, 0) is 55.0 Å². The van der Waals surface area contributed by atoms with Crippen LogP contribution in [-0.4, -0.2) is 55.2 Å². The number of imidazole rings is 2. The summed E-state index contributed by atoms with van der Waals surface area (Å²) in [4.78, 5) is 28.2. The molecule has 46 heavy (non-hydrogen) atoms. The zero-order valence-corrected chi connectivity index (χ0v) is 26.4. The van der Waals surface area contributed by atoms with Crippen LogP contribution >= 0.6 is 11.6 Å². The van der Waals surface area contributed by atoms with Gasteiger partial charge in [0.25, 0.3) is 5.79 Å². The largest absolute Gasteiger partial charge is 0.465 e. The number of halogens is 2. The van der Waals surface area contributed by atoms with E-state index in [4.69, 9.17) is 30.8 Å². The van der Waals surface area contributed by atoms with Gasteiger partial charge in [0.05, 0.1) is 48.3 Å². The summed E-state index contributed by atoms with van der Waals surface area (Å²) in [7, 11) is 1.29. The smallest absolute Gasteiger partial charge is 0.338 e. The number of hydrogen-bond acceptors (Lipinski definition) is 8. The fourth-order valence-corrected chi connectivity index (χ4v) is 7.36. The first-order chi connectivity index (χ1) is 22.3. The average molecular weight is 643 g/mol. The molecule has 2 fully saturated rings. The first-order valence-electron chi connectivity index (χ1n) is 15.4. The van der Waals surface area contributed by atoms with Crippen molar-refractivity contribution in [3.8, 4) is 11.5 Å². The van der Waals surface area contributed by atoms with Crippen molar-refractivity contribution in [1.82, 2.24) is 29.0 Å². The van der Waals surface area contributed by atoms with Crippen LogP contribution in [0.1, 0.15) is 52.9 Å². The van der Waals surface area contributed by atoms with E-state index in [0.717, 1.165) is 42.5 Å². The number of hydrogen-bond donors (Lipinski definition) is 0. The quantitative estimate of drug-likeness (QED) is 0.197. The molecule has 2 aromatic carbocycles. The number of likely N-dealkylation sites (tertiary alicyclic amines) is 1. The van der Waals surface area contributed by atoms with Crippen LogP contribution in [0, 0.1) is 17.7 Å². The highest BCUT2D eigenvalue weighted by molar-refractivity contribution is 6.30. The number of piperidine rings is 1. The van der Waals surface area contributed by atoms with Gasteiger partial charge < -0.3 is 23.3 Å². The van der Waals surface area contributed by atoms with Gasteiger partial charge in [0, 0.05) is 44.5 Å². The van der Waals surface area contributed by atoms with Gasteiger partial charge in [-0.2, -0.15) is 0 Å². The highest BCUT2D eigenvalue weighted by Crippen LogP contribution is 2.62. The van der Waals surface area contributed by atoms with Crippen LogP contribution in [0.25, 0.3) is 11.0 Å². The van der Waals surface area contributed by atoms with Gasteiger partial charge in [0.1, 0.15) is 17.0 Å². The minimum Gasteiger partial charge on any atom is -0.465 e. The number of aryl methyl sites for hydroxylation is 1. The lowest BCUT2D eigenvalue weighted by atomic mass is 10.0. The molecule has 1 saturated heterocycles. The van der Waals surface area contributed by atoms with Crippen molar-refractivity contribution in [3.05, 3.63) is 100 Å². The molecule has 0 spiro atoms. The lowest BCUT2D eigenvalue weighted by molar-refractivity contribution is -0.0721. The molecule has 1 saturated carbocycles. The number of carbonyl (C=O) groups is 1. The van der Waals surface area contributed by atoms with Crippen molar-refractivity contribution < 1.29 is 23.4 Å². The second-order valence-corrected chi connectivity index (χ2v) is 12.8. The summed E-state index contributed by atoms with van der Waals surface area (Å²) >= 11 is 6.06. The number of methoxy groups -OCH3 is 1. The summed E-state index contributed by atoms with van der Waals surface area (Å²) in [5.74, 6) is 1.32. The van der Waals surface area contributed by atoms with Crippen LogP contribution in [-0.2, 0) is 30.2 Å². The van der Waals surface area contributed by atoms with Gasteiger partial charge in [0.15, 0.2) is 17.3 Å². The Hall–Kier alpha value is -4.48. The normalized spacial score (nSPS) is 23.2. The van der Waals surface area contributed by atoms with E-state index in [1.165, 1.54) is 13.2 Å². The van der Waals surface area contributed by atoms with Gasteiger partial charge in [-0.25, -0.2) is 19.2 Å². The van der Waals surface area contributed by atoms with Crippen molar-refractivity contribution in [2.24, 2.45) is 11.8 Å². The Morgan fingerprint density at radius 3 is 2.70 bits per heavy atom. The second-order valence-electron chi connectivity index (χ2n) is 12.3. The highest BCUT2D eigenvalue weighted by Gasteiger charge is 2.58. The van der Waals surface area contributed by atoms with E-state index < -0.39 is 17.6 Å². The average Bonchev–Trinajstić information content (AvgIpc) is 3.54. The van der Waals surface area contributed by atoms with E-state index >= 15 is 4.39 Å². The number of esters is 1. The minimum atomic E-state index is -1.03. The summed E-state index contributed by atoms with van der Waals surface area (Å²) in [6.45, 7) is 7.43. The number of ether oxygens (including phenoxy) is 3. The number of pyridine rings is 1. The number of carbonyl (C=O) groups excluding carboxylic acids is 1. The maximum absolute atomic E-state index is 15.3. The molecule has 236 valence electrons. The third-order valence-corrected chi connectivity index (χ3v) is 9.79. The summed E-state index contributed by atoms with van der Waals surface area (Å²) in [5, 5.41) is 0.554. The third kappa shape index (κ3) is 4.72. The highest BCUT2D eigenvalue weighted by atomic mass is 35.5. The summed E-state index contributed by atoms with van der Waals surface area (Å²) < 4.78 is 37.0. The standard InChI is InChI=1S/C34H32ClFN6O4/c1-4-41-18-37-13-21(41)14-42-26-11-19(33(43)44-3)10-25(36)31(26)39-29(42)17-40-15-23-24(16-40)30(23)22-6-5-7-27-32(22)46-34(2,45-27)28-9-8-20(35)12-38-28/h5-13,18,23-24,30H,4,14-17H2,1-3H3/t23-,24+,30-,34?. The number of fused-ring (bicyclic) bond motifs is 3. The summed E-state index contributed by atoms with van der Waals surface area (Å²) in [6.07, 6.45) is 5.19. The molecule has 8 rings (SSSR count). The molecular formula is C34H32ClFN6O4. The van der Waals surface area contributed by atoms with Crippen LogP contribution in [0.5, 0.6) is 11.5 Å². The fourth-order valence-electron chi connectivity index (χ4n) is 7.25. The summed E-state index contributed by atoms with van der Waals surface area (Å²) in [6, 6.07) is 12.5. The third-order valence-electron chi connectivity index (χ3n) is 9.56.